The maximum atomic E-state index is 10.9. The van der Waals surface area contributed by atoms with Crippen molar-refractivity contribution in [3.05, 3.63) is 29.8 Å². The summed E-state index contributed by atoms with van der Waals surface area (Å²) in [5, 5.41) is 9.35. The highest BCUT2D eigenvalue weighted by atomic mass is 16.5. The summed E-state index contributed by atoms with van der Waals surface area (Å²) < 4.78 is 4.41. The number of nitrogen functional groups attached to an aromatic ring is 1. The van der Waals surface area contributed by atoms with Crippen LogP contribution in [0.25, 0.3) is 0 Å². The summed E-state index contributed by atoms with van der Waals surface area (Å²) in [6.07, 6.45) is -0.196. The summed E-state index contributed by atoms with van der Waals surface area (Å²) in [6, 6.07) is 7.38. The topological polar surface area (TPSA) is 72.5 Å². The van der Waals surface area contributed by atoms with E-state index in [9.17, 15) is 9.90 Å². The molecule has 4 heteroatoms. The first-order valence-electron chi connectivity index (χ1n) is 4.74. The fourth-order valence-corrected chi connectivity index (χ4v) is 1.31. The molecule has 0 aliphatic heterocycles. The molecule has 4 nitrogen and oxygen atoms in total. The van der Waals surface area contributed by atoms with Crippen molar-refractivity contribution in [1.82, 2.24) is 0 Å². The highest BCUT2D eigenvalue weighted by Gasteiger charge is 2.15. The molecule has 1 rings (SSSR count). The maximum absolute atomic E-state index is 10.9. The number of carbonyl (C=O) groups excluding carboxylic acids is 1. The van der Waals surface area contributed by atoms with Crippen molar-refractivity contribution in [3.63, 3.8) is 0 Å². The first-order valence-corrected chi connectivity index (χ1v) is 4.74. The van der Waals surface area contributed by atoms with Crippen LogP contribution in [0, 0.1) is 0 Å². The van der Waals surface area contributed by atoms with Crippen LogP contribution >= 0.6 is 0 Å². The van der Waals surface area contributed by atoms with Crippen molar-refractivity contribution in [2.75, 3.05) is 12.8 Å². The first-order chi connectivity index (χ1) is 7.15. The molecule has 82 valence electrons. The van der Waals surface area contributed by atoms with E-state index in [0.29, 0.717) is 18.5 Å². The standard InChI is InChI=1S/C11H15NO3/c1-15-11(14)10(13)7-6-8-4-2-3-5-9(8)12/h2-5,10,13H,6-7,12H2,1H3/t10-/m0/s1. The van der Waals surface area contributed by atoms with Crippen molar-refractivity contribution in [1.29, 1.82) is 0 Å². The van der Waals surface area contributed by atoms with Gasteiger partial charge in [-0.15, -0.1) is 0 Å². The molecule has 0 aromatic heterocycles. The Morgan fingerprint density at radius 2 is 2.20 bits per heavy atom. The Hall–Kier alpha value is -1.55. The van der Waals surface area contributed by atoms with Crippen LogP contribution in [0.15, 0.2) is 24.3 Å². The molecule has 0 heterocycles. The number of esters is 1. The SMILES string of the molecule is COC(=O)[C@@H](O)CCc1ccccc1N. The van der Waals surface area contributed by atoms with Crippen LogP contribution in [0.2, 0.25) is 0 Å². The van der Waals surface area contributed by atoms with Crippen molar-refractivity contribution >= 4 is 11.7 Å². The van der Waals surface area contributed by atoms with Crippen LogP contribution in [0.3, 0.4) is 0 Å². The Labute approximate surface area is 88.7 Å². The van der Waals surface area contributed by atoms with Crippen molar-refractivity contribution < 1.29 is 14.6 Å². The number of hydrogen-bond donors (Lipinski definition) is 2. The van der Waals surface area contributed by atoms with Gasteiger partial charge in [-0.2, -0.15) is 0 Å². The van der Waals surface area contributed by atoms with Gasteiger partial charge in [0.2, 0.25) is 0 Å². The van der Waals surface area contributed by atoms with E-state index in [1.54, 1.807) is 6.07 Å². The lowest BCUT2D eigenvalue weighted by atomic mass is 10.1. The molecule has 1 aromatic rings. The number of hydrogen-bond acceptors (Lipinski definition) is 4. The molecule has 0 bridgehead atoms. The molecule has 15 heavy (non-hydrogen) atoms. The van der Waals surface area contributed by atoms with E-state index in [4.69, 9.17) is 5.73 Å². The third-order valence-corrected chi connectivity index (χ3v) is 2.22. The summed E-state index contributed by atoms with van der Waals surface area (Å²) in [7, 11) is 1.25. The van der Waals surface area contributed by atoms with E-state index in [1.807, 2.05) is 18.2 Å². The Kier molecular flexibility index (Phi) is 4.12. The van der Waals surface area contributed by atoms with Crippen LogP contribution in [0.4, 0.5) is 5.69 Å². The minimum absolute atomic E-state index is 0.320. The number of aryl methyl sites for hydroxylation is 1. The summed E-state index contributed by atoms with van der Waals surface area (Å²) in [5.74, 6) is -0.607. The van der Waals surface area contributed by atoms with Gasteiger partial charge in [-0.25, -0.2) is 4.79 Å². The van der Waals surface area contributed by atoms with Gasteiger partial charge in [-0.1, -0.05) is 18.2 Å². The molecule has 0 saturated heterocycles. The summed E-state index contributed by atoms with van der Waals surface area (Å²) in [6.45, 7) is 0. The Bertz CT molecular complexity index is 338. The molecule has 1 atom stereocenters. The second-order valence-corrected chi connectivity index (χ2v) is 3.28. The lowest BCUT2D eigenvalue weighted by molar-refractivity contribution is -0.150. The number of carbonyl (C=O) groups is 1. The smallest absolute Gasteiger partial charge is 0.334 e. The lowest BCUT2D eigenvalue weighted by Crippen LogP contribution is -2.22. The van der Waals surface area contributed by atoms with Crippen LogP contribution in [-0.2, 0) is 16.0 Å². The normalized spacial score (nSPS) is 12.1. The van der Waals surface area contributed by atoms with Gasteiger partial charge in [0.25, 0.3) is 0 Å². The molecule has 0 amide bonds. The number of rotatable bonds is 4. The summed E-state index contributed by atoms with van der Waals surface area (Å²) in [5.41, 5.74) is 7.32. The average Bonchev–Trinajstić information content (AvgIpc) is 2.26. The fraction of sp³-hybridized carbons (Fsp3) is 0.364. The number of para-hydroxylation sites is 1. The molecule has 0 fully saturated rings. The van der Waals surface area contributed by atoms with Crippen LogP contribution in [0.1, 0.15) is 12.0 Å². The van der Waals surface area contributed by atoms with E-state index in [-0.39, 0.29) is 0 Å². The summed E-state index contributed by atoms with van der Waals surface area (Å²) in [4.78, 5) is 10.9. The van der Waals surface area contributed by atoms with E-state index in [2.05, 4.69) is 4.74 Å². The van der Waals surface area contributed by atoms with Gasteiger partial charge in [0, 0.05) is 5.69 Å². The van der Waals surface area contributed by atoms with Crippen LogP contribution in [0.5, 0.6) is 0 Å². The molecule has 1 aromatic carbocycles. The largest absolute Gasteiger partial charge is 0.467 e. The number of anilines is 1. The monoisotopic (exact) mass is 209 g/mol. The Morgan fingerprint density at radius 1 is 1.53 bits per heavy atom. The second kappa shape index (κ2) is 5.36. The number of ether oxygens (including phenoxy) is 1. The fourth-order valence-electron chi connectivity index (χ4n) is 1.31. The second-order valence-electron chi connectivity index (χ2n) is 3.28. The van der Waals surface area contributed by atoms with Gasteiger partial charge in [0.1, 0.15) is 0 Å². The first kappa shape index (κ1) is 11.5. The van der Waals surface area contributed by atoms with Crippen LogP contribution < -0.4 is 5.73 Å². The van der Waals surface area contributed by atoms with E-state index >= 15 is 0 Å². The van der Waals surface area contributed by atoms with Crippen molar-refractivity contribution in [2.24, 2.45) is 0 Å². The third kappa shape index (κ3) is 3.25. The number of benzene rings is 1. The maximum Gasteiger partial charge on any atom is 0.334 e. The number of nitrogens with two attached hydrogens (primary N) is 1. The zero-order valence-corrected chi connectivity index (χ0v) is 8.64. The van der Waals surface area contributed by atoms with Gasteiger partial charge in [-0.3, -0.25) is 0 Å². The number of aliphatic hydroxyl groups excluding tert-OH is 1. The zero-order valence-electron chi connectivity index (χ0n) is 8.64. The van der Waals surface area contributed by atoms with Gasteiger partial charge in [0.05, 0.1) is 7.11 Å². The van der Waals surface area contributed by atoms with E-state index in [1.165, 1.54) is 7.11 Å². The highest BCUT2D eigenvalue weighted by molar-refractivity contribution is 5.74. The molecule has 0 aliphatic rings. The Morgan fingerprint density at radius 3 is 2.80 bits per heavy atom. The molecule has 3 N–H and O–H groups in total. The molecular formula is C11H15NO3. The number of aliphatic hydroxyl groups is 1. The minimum Gasteiger partial charge on any atom is -0.467 e. The van der Waals surface area contributed by atoms with Gasteiger partial charge < -0.3 is 15.6 Å². The quantitative estimate of drug-likeness (QED) is 0.566. The van der Waals surface area contributed by atoms with Crippen LogP contribution in [-0.4, -0.2) is 24.3 Å². The number of methoxy groups -OCH3 is 1. The predicted molar refractivity (Wildman–Crippen MR) is 57.2 cm³/mol. The molecule has 0 radical (unpaired) electrons. The predicted octanol–water partition coefficient (Wildman–Crippen LogP) is 0.735. The van der Waals surface area contributed by atoms with E-state index < -0.39 is 12.1 Å². The van der Waals surface area contributed by atoms with E-state index in [0.717, 1.165) is 5.56 Å². The molecule has 0 spiro atoms. The third-order valence-electron chi connectivity index (χ3n) is 2.22. The van der Waals surface area contributed by atoms with Crippen molar-refractivity contribution in [2.45, 2.75) is 18.9 Å². The minimum atomic E-state index is -1.07. The molecule has 0 saturated carbocycles. The average molecular weight is 209 g/mol. The molecule has 0 unspecified atom stereocenters. The Balaban J connectivity index is 2.50. The van der Waals surface area contributed by atoms with Gasteiger partial charge in [-0.05, 0) is 24.5 Å². The van der Waals surface area contributed by atoms with Gasteiger partial charge >= 0.3 is 5.97 Å². The lowest BCUT2D eigenvalue weighted by Gasteiger charge is -2.09. The van der Waals surface area contributed by atoms with Gasteiger partial charge in [0.15, 0.2) is 6.10 Å². The molecule has 0 aliphatic carbocycles. The highest BCUT2D eigenvalue weighted by Crippen LogP contribution is 2.13. The van der Waals surface area contributed by atoms with Crippen molar-refractivity contribution in [3.8, 4) is 0 Å². The molecular weight excluding hydrogens is 194 g/mol. The zero-order chi connectivity index (χ0) is 11.3. The summed E-state index contributed by atoms with van der Waals surface area (Å²) >= 11 is 0.